The second-order valence-electron chi connectivity index (χ2n) is 4.68. The fourth-order valence-electron chi connectivity index (χ4n) is 2.47. The molecule has 0 aromatic carbocycles. The van der Waals surface area contributed by atoms with Crippen molar-refractivity contribution in [3.63, 3.8) is 0 Å². The Morgan fingerprint density at radius 3 is 2.53 bits per heavy atom. The van der Waals surface area contributed by atoms with E-state index in [1.54, 1.807) is 0 Å². The van der Waals surface area contributed by atoms with Crippen LogP contribution >= 0.6 is 0 Å². The summed E-state index contributed by atoms with van der Waals surface area (Å²) < 4.78 is 0. The van der Waals surface area contributed by atoms with Crippen molar-refractivity contribution in [3.8, 4) is 12.3 Å². The molecule has 2 N–H and O–H groups in total. The van der Waals surface area contributed by atoms with E-state index in [1.807, 2.05) is 0 Å². The maximum atomic E-state index is 11.7. The van der Waals surface area contributed by atoms with Crippen molar-refractivity contribution in [2.24, 2.45) is 11.1 Å². The first-order valence-electron chi connectivity index (χ1n) is 5.88. The summed E-state index contributed by atoms with van der Waals surface area (Å²) >= 11 is 0. The zero-order valence-corrected chi connectivity index (χ0v) is 9.43. The Balaban J connectivity index is 2.44. The fraction of sp³-hybridized carbons (Fsp3) is 0.769. The number of carbonyl (C=O) groups excluding carboxylic acids is 1. The van der Waals surface area contributed by atoms with Crippen LogP contribution in [0.25, 0.3) is 0 Å². The summed E-state index contributed by atoms with van der Waals surface area (Å²) in [6, 6.07) is 0. The second-order valence-corrected chi connectivity index (χ2v) is 4.68. The minimum Gasteiger partial charge on any atom is -0.330 e. The molecule has 0 bridgehead atoms. The van der Waals surface area contributed by atoms with Crippen LogP contribution < -0.4 is 5.73 Å². The van der Waals surface area contributed by atoms with E-state index in [0.29, 0.717) is 31.6 Å². The highest BCUT2D eigenvalue weighted by Gasteiger charge is 2.32. The van der Waals surface area contributed by atoms with Gasteiger partial charge in [0.05, 0.1) is 0 Å². The maximum absolute atomic E-state index is 11.7. The average Bonchev–Trinajstić information content (AvgIpc) is 2.27. The molecule has 2 nitrogen and oxygen atoms in total. The summed E-state index contributed by atoms with van der Waals surface area (Å²) in [4.78, 5) is 11.7. The molecule has 0 radical (unpaired) electrons. The number of nitrogens with two attached hydrogens (primary N) is 1. The maximum Gasteiger partial charge on any atom is 0.134 e. The lowest BCUT2D eigenvalue weighted by Gasteiger charge is -2.35. The van der Waals surface area contributed by atoms with Gasteiger partial charge in [-0.1, -0.05) is 19.3 Å². The molecule has 0 aromatic heterocycles. The van der Waals surface area contributed by atoms with Gasteiger partial charge in [0.1, 0.15) is 5.78 Å². The Morgan fingerprint density at radius 2 is 2.00 bits per heavy atom. The molecular formula is C13H21NO. The van der Waals surface area contributed by atoms with Gasteiger partial charge in [-0.25, -0.2) is 0 Å². The van der Waals surface area contributed by atoms with Crippen LogP contribution in [-0.4, -0.2) is 12.3 Å². The van der Waals surface area contributed by atoms with Gasteiger partial charge in [0.15, 0.2) is 0 Å². The monoisotopic (exact) mass is 207 g/mol. The smallest absolute Gasteiger partial charge is 0.134 e. The van der Waals surface area contributed by atoms with Crippen LogP contribution in [-0.2, 0) is 4.79 Å². The first kappa shape index (κ1) is 12.3. The van der Waals surface area contributed by atoms with Crippen molar-refractivity contribution in [3.05, 3.63) is 0 Å². The highest BCUT2D eigenvalue weighted by atomic mass is 16.1. The van der Waals surface area contributed by atoms with E-state index < -0.39 is 0 Å². The molecule has 1 saturated carbocycles. The number of hydrogen-bond acceptors (Lipinski definition) is 2. The predicted molar refractivity (Wildman–Crippen MR) is 62.3 cm³/mol. The van der Waals surface area contributed by atoms with Gasteiger partial charge in [0, 0.05) is 19.3 Å². The Labute approximate surface area is 92.6 Å². The van der Waals surface area contributed by atoms with Crippen LogP contribution in [0.3, 0.4) is 0 Å². The lowest BCUT2D eigenvalue weighted by Crippen LogP contribution is -2.35. The van der Waals surface area contributed by atoms with Gasteiger partial charge in [0.25, 0.3) is 0 Å². The minimum absolute atomic E-state index is 0.101. The van der Waals surface area contributed by atoms with Gasteiger partial charge in [-0.05, 0) is 24.8 Å². The Hall–Kier alpha value is -0.810. The van der Waals surface area contributed by atoms with Gasteiger partial charge >= 0.3 is 0 Å². The lowest BCUT2D eigenvalue weighted by atomic mass is 9.70. The van der Waals surface area contributed by atoms with Crippen LogP contribution in [0.15, 0.2) is 0 Å². The highest BCUT2D eigenvalue weighted by Crippen LogP contribution is 2.38. The summed E-state index contributed by atoms with van der Waals surface area (Å²) in [7, 11) is 0. The molecule has 0 aliphatic heterocycles. The molecule has 15 heavy (non-hydrogen) atoms. The molecular weight excluding hydrogens is 186 g/mol. The normalized spacial score (nSPS) is 19.5. The molecule has 0 aromatic rings. The van der Waals surface area contributed by atoms with Crippen molar-refractivity contribution < 1.29 is 4.79 Å². The van der Waals surface area contributed by atoms with Crippen LogP contribution in [0, 0.1) is 17.8 Å². The van der Waals surface area contributed by atoms with E-state index in [2.05, 4.69) is 5.92 Å². The van der Waals surface area contributed by atoms with Crippen molar-refractivity contribution in [1.82, 2.24) is 0 Å². The quantitative estimate of drug-likeness (QED) is 0.703. The van der Waals surface area contributed by atoms with Crippen LogP contribution in [0.5, 0.6) is 0 Å². The van der Waals surface area contributed by atoms with Crippen LogP contribution in [0.2, 0.25) is 0 Å². The van der Waals surface area contributed by atoms with Gasteiger partial charge in [-0.15, -0.1) is 12.3 Å². The topological polar surface area (TPSA) is 43.1 Å². The molecule has 0 amide bonds. The zero-order chi connectivity index (χ0) is 11.1. The summed E-state index contributed by atoms with van der Waals surface area (Å²) in [5.74, 6) is 2.81. The van der Waals surface area contributed by atoms with Crippen molar-refractivity contribution in [2.45, 2.75) is 51.4 Å². The van der Waals surface area contributed by atoms with Gasteiger partial charge in [-0.3, -0.25) is 4.79 Å². The van der Waals surface area contributed by atoms with E-state index in [9.17, 15) is 4.79 Å². The minimum atomic E-state index is 0.101. The third-order valence-electron chi connectivity index (χ3n) is 3.47. The molecule has 0 spiro atoms. The fourth-order valence-corrected chi connectivity index (χ4v) is 2.47. The van der Waals surface area contributed by atoms with E-state index in [4.69, 9.17) is 12.2 Å². The molecule has 1 fully saturated rings. The van der Waals surface area contributed by atoms with E-state index in [0.717, 1.165) is 12.8 Å². The molecule has 1 aliphatic rings. The summed E-state index contributed by atoms with van der Waals surface area (Å²) in [5.41, 5.74) is 5.92. The summed E-state index contributed by atoms with van der Waals surface area (Å²) in [6.07, 6.45) is 12.9. The molecule has 0 unspecified atom stereocenters. The highest BCUT2D eigenvalue weighted by molar-refractivity contribution is 5.79. The van der Waals surface area contributed by atoms with E-state index in [1.165, 1.54) is 19.3 Å². The van der Waals surface area contributed by atoms with Crippen LogP contribution in [0.4, 0.5) is 0 Å². The first-order chi connectivity index (χ1) is 7.22. The Kier molecular flexibility index (Phi) is 4.84. The number of carbonyl (C=O) groups is 1. The van der Waals surface area contributed by atoms with E-state index in [-0.39, 0.29) is 5.41 Å². The Bertz CT molecular complexity index is 246. The lowest BCUT2D eigenvalue weighted by molar-refractivity contribution is -0.121. The third-order valence-corrected chi connectivity index (χ3v) is 3.47. The molecule has 0 heterocycles. The molecule has 1 rings (SSSR count). The summed E-state index contributed by atoms with van der Waals surface area (Å²) in [6.45, 7) is 0.648. The van der Waals surface area contributed by atoms with Crippen LogP contribution in [0.1, 0.15) is 51.4 Å². The third kappa shape index (κ3) is 3.68. The number of rotatable bonds is 5. The summed E-state index contributed by atoms with van der Waals surface area (Å²) in [5, 5.41) is 0. The van der Waals surface area contributed by atoms with Crippen molar-refractivity contribution in [1.29, 1.82) is 0 Å². The van der Waals surface area contributed by atoms with Gasteiger partial charge in [0.2, 0.25) is 0 Å². The second kappa shape index (κ2) is 5.92. The molecule has 2 heteroatoms. The zero-order valence-electron chi connectivity index (χ0n) is 9.43. The van der Waals surface area contributed by atoms with Gasteiger partial charge < -0.3 is 5.73 Å². The van der Waals surface area contributed by atoms with Crippen molar-refractivity contribution >= 4 is 5.78 Å². The first-order valence-corrected chi connectivity index (χ1v) is 5.88. The number of hydrogen-bond donors (Lipinski definition) is 1. The molecule has 84 valence electrons. The Morgan fingerprint density at radius 1 is 1.33 bits per heavy atom. The number of terminal acetylenes is 1. The predicted octanol–water partition coefficient (Wildman–Crippen LogP) is 2.27. The number of ketones is 1. The van der Waals surface area contributed by atoms with Crippen molar-refractivity contribution in [2.75, 3.05) is 6.54 Å². The number of Topliss-reactive ketones (excluding diaryl/α,β-unsaturated/α-hetero) is 1. The molecule has 1 aliphatic carbocycles. The largest absolute Gasteiger partial charge is 0.330 e. The van der Waals surface area contributed by atoms with E-state index >= 15 is 0 Å². The SMILES string of the molecule is C#CCCC(=O)CC1(CN)CCCCC1. The standard InChI is InChI=1S/C13H21NO/c1-2-3-7-12(15)10-13(11-14)8-5-4-6-9-13/h1H,3-11,14H2. The molecule has 0 atom stereocenters. The average molecular weight is 207 g/mol. The molecule has 0 saturated heterocycles. The van der Waals surface area contributed by atoms with Gasteiger partial charge in [-0.2, -0.15) is 0 Å².